The Bertz CT molecular complexity index is 380. The second-order valence-corrected chi connectivity index (χ2v) is 5.01. The van der Waals surface area contributed by atoms with Crippen LogP contribution < -0.4 is 4.74 Å². The van der Waals surface area contributed by atoms with Crippen LogP contribution >= 0.6 is 23.4 Å². The second kappa shape index (κ2) is 5.80. The fourth-order valence-corrected chi connectivity index (χ4v) is 2.40. The van der Waals surface area contributed by atoms with Crippen LogP contribution in [0.15, 0.2) is 6.07 Å². The lowest BCUT2D eigenvalue weighted by Gasteiger charge is -2.19. The maximum Gasteiger partial charge on any atom is 0.125 e. The molecule has 0 aliphatic rings. The van der Waals surface area contributed by atoms with Gasteiger partial charge < -0.3 is 9.84 Å². The van der Waals surface area contributed by atoms with Crippen molar-refractivity contribution >= 4 is 23.4 Å². The zero-order valence-corrected chi connectivity index (χ0v) is 11.6. The predicted octanol–water partition coefficient (Wildman–Crippen LogP) is 3.36. The first kappa shape index (κ1) is 13.7. The lowest BCUT2D eigenvalue weighted by atomic mass is 10.00. The third-order valence-electron chi connectivity index (χ3n) is 2.57. The zero-order valence-electron chi connectivity index (χ0n) is 10.0. The van der Waals surface area contributed by atoms with E-state index in [1.165, 1.54) is 0 Å². The third-order valence-corrected chi connectivity index (χ3v) is 3.80. The van der Waals surface area contributed by atoms with Gasteiger partial charge in [0, 0.05) is 16.3 Å². The maximum atomic E-state index is 10.1. The summed E-state index contributed by atoms with van der Waals surface area (Å²) >= 11 is 7.78. The van der Waals surface area contributed by atoms with Crippen molar-refractivity contribution in [1.82, 2.24) is 0 Å². The van der Waals surface area contributed by atoms with E-state index in [9.17, 15) is 5.11 Å². The van der Waals surface area contributed by atoms with Gasteiger partial charge in [-0.2, -0.15) is 11.8 Å². The van der Waals surface area contributed by atoms with Crippen molar-refractivity contribution in [2.45, 2.75) is 20.0 Å². The summed E-state index contributed by atoms with van der Waals surface area (Å²) in [6.07, 6.45) is 1.42. The van der Waals surface area contributed by atoms with Crippen molar-refractivity contribution in [3.8, 4) is 5.75 Å². The number of methoxy groups -OCH3 is 1. The SMILES string of the molecule is COc1cc(C)c(Cl)c(C)c1C(O)CSC. The van der Waals surface area contributed by atoms with Crippen LogP contribution in [0.3, 0.4) is 0 Å². The molecule has 1 unspecified atom stereocenters. The normalized spacial score (nSPS) is 12.6. The van der Waals surface area contributed by atoms with Gasteiger partial charge in [-0.1, -0.05) is 11.6 Å². The molecule has 0 aromatic heterocycles. The number of ether oxygens (including phenoxy) is 1. The molecule has 1 aromatic carbocycles. The molecule has 90 valence electrons. The number of hydrogen-bond acceptors (Lipinski definition) is 3. The van der Waals surface area contributed by atoms with E-state index in [-0.39, 0.29) is 0 Å². The van der Waals surface area contributed by atoms with E-state index in [0.29, 0.717) is 16.5 Å². The number of aryl methyl sites for hydroxylation is 1. The molecule has 4 heteroatoms. The Balaban J connectivity index is 3.29. The highest BCUT2D eigenvalue weighted by Crippen LogP contribution is 2.36. The number of benzene rings is 1. The minimum absolute atomic E-state index is 0.539. The minimum atomic E-state index is -0.539. The molecule has 16 heavy (non-hydrogen) atoms. The standard InChI is InChI=1S/C12H17ClO2S/c1-7-5-10(15-3)11(8(2)12(7)13)9(14)6-16-4/h5,9,14H,6H2,1-4H3. The number of rotatable bonds is 4. The fourth-order valence-electron chi connectivity index (χ4n) is 1.76. The number of hydrogen-bond donors (Lipinski definition) is 1. The van der Waals surface area contributed by atoms with Crippen LogP contribution in [0.5, 0.6) is 5.75 Å². The Kier molecular flexibility index (Phi) is 4.96. The van der Waals surface area contributed by atoms with Crippen LogP contribution in [-0.4, -0.2) is 24.2 Å². The monoisotopic (exact) mass is 260 g/mol. The molecule has 0 amide bonds. The summed E-state index contributed by atoms with van der Waals surface area (Å²) in [6, 6.07) is 1.87. The van der Waals surface area contributed by atoms with Gasteiger partial charge in [-0.05, 0) is 37.3 Å². The van der Waals surface area contributed by atoms with Gasteiger partial charge in [0.25, 0.3) is 0 Å². The fraction of sp³-hybridized carbons (Fsp3) is 0.500. The van der Waals surface area contributed by atoms with Gasteiger partial charge in [0.1, 0.15) is 5.75 Å². The molecule has 0 saturated heterocycles. The van der Waals surface area contributed by atoms with Crippen molar-refractivity contribution in [3.63, 3.8) is 0 Å². The highest BCUT2D eigenvalue weighted by molar-refractivity contribution is 7.98. The average Bonchev–Trinajstić information content (AvgIpc) is 2.25. The Labute approximate surface area is 106 Å². The van der Waals surface area contributed by atoms with Crippen molar-refractivity contribution in [1.29, 1.82) is 0 Å². The second-order valence-electron chi connectivity index (χ2n) is 3.72. The average molecular weight is 261 g/mol. The van der Waals surface area contributed by atoms with Crippen LogP contribution in [-0.2, 0) is 0 Å². The highest BCUT2D eigenvalue weighted by atomic mass is 35.5. The predicted molar refractivity (Wildman–Crippen MR) is 70.8 cm³/mol. The lowest BCUT2D eigenvalue weighted by Crippen LogP contribution is -2.06. The molecule has 1 N–H and O–H groups in total. The van der Waals surface area contributed by atoms with Gasteiger partial charge in [0.2, 0.25) is 0 Å². The summed E-state index contributed by atoms with van der Waals surface area (Å²) < 4.78 is 5.30. The Hall–Kier alpha value is -0.380. The lowest BCUT2D eigenvalue weighted by molar-refractivity contribution is 0.198. The molecule has 0 bridgehead atoms. The van der Waals surface area contributed by atoms with E-state index in [4.69, 9.17) is 16.3 Å². The molecule has 0 heterocycles. The summed E-state index contributed by atoms with van der Waals surface area (Å²) in [4.78, 5) is 0. The van der Waals surface area contributed by atoms with Crippen molar-refractivity contribution in [2.75, 3.05) is 19.1 Å². The Morgan fingerprint density at radius 3 is 2.62 bits per heavy atom. The Morgan fingerprint density at radius 2 is 2.12 bits per heavy atom. The summed E-state index contributed by atoms with van der Waals surface area (Å²) in [5, 5.41) is 10.8. The van der Waals surface area contributed by atoms with Gasteiger partial charge in [-0.25, -0.2) is 0 Å². The molecule has 1 atom stereocenters. The molecule has 2 nitrogen and oxygen atoms in total. The largest absolute Gasteiger partial charge is 0.496 e. The molecular formula is C12H17ClO2S. The molecule has 0 aliphatic carbocycles. The number of halogens is 1. The van der Waals surface area contributed by atoms with Crippen LogP contribution in [0.25, 0.3) is 0 Å². The summed E-state index contributed by atoms with van der Waals surface area (Å²) in [7, 11) is 1.61. The summed E-state index contributed by atoms with van der Waals surface area (Å²) in [6.45, 7) is 3.85. The molecule has 0 radical (unpaired) electrons. The number of aliphatic hydroxyl groups excluding tert-OH is 1. The van der Waals surface area contributed by atoms with Gasteiger partial charge in [0.15, 0.2) is 0 Å². The Morgan fingerprint density at radius 1 is 1.50 bits per heavy atom. The quantitative estimate of drug-likeness (QED) is 0.900. The first-order valence-corrected chi connectivity index (χ1v) is 6.80. The van der Waals surface area contributed by atoms with Crippen LogP contribution in [0.1, 0.15) is 22.8 Å². The summed E-state index contributed by atoms with van der Waals surface area (Å²) in [5.74, 6) is 1.34. The van der Waals surface area contributed by atoms with Crippen LogP contribution in [0.4, 0.5) is 0 Å². The zero-order chi connectivity index (χ0) is 12.3. The van der Waals surface area contributed by atoms with E-state index in [0.717, 1.165) is 16.7 Å². The molecule has 0 fully saturated rings. The molecule has 0 spiro atoms. The van der Waals surface area contributed by atoms with E-state index in [1.807, 2.05) is 26.2 Å². The molecule has 1 rings (SSSR count). The number of aliphatic hydroxyl groups is 1. The van der Waals surface area contributed by atoms with Crippen LogP contribution in [0.2, 0.25) is 5.02 Å². The molecule has 0 saturated carbocycles. The smallest absolute Gasteiger partial charge is 0.125 e. The van der Waals surface area contributed by atoms with Gasteiger partial charge in [-0.3, -0.25) is 0 Å². The van der Waals surface area contributed by atoms with Crippen molar-refractivity contribution in [3.05, 3.63) is 27.8 Å². The number of thioether (sulfide) groups is 1. The van der Waals surface area contributed by atoms with E-state index in [1.54, 1.807) is 18.9 Å². The van der Waals surface area contributed by atoms with E-state index in [2.05, 4.69) is 0 Å². The molecule has 1 aromatic rings. The first-order chi connectivity index (χ1) is 7.52. The van der Waals surface area contributed by atoms with Gasteiger partial charge in [-0.15, -0.1) is 0 Å². The molecule has 0 aliphatic heterocycles. The third kappa shape index (κ3) is 2.65. The maximum absolute atomic E-state index is 10.1. The summed E-state index contributed by atoms with van der Waals surface area (Å²) in [5.41, 5.74) is 2.67. The topological polar surface area (TPSA) is 29.5 Å². The van der Waals surface area contributed by atoms with Crippen molar-refractivity contribution in [2.24, 2.45) is 0 Å². The first-order valence-electron chi connectivity index (χ1n) is 5.03. The van der Waals surface area contributed by atoms with E-state index >= 15 is 0 Å². The minimum Gasteiger partial charge on any atom is -0.496 e. The van der Waals surface area contributed by atoms with Crippen LogP contribution in [0, 0.1) is 13.8 Å². The van der Waals surface area contributed by atoms with Gasteiger partial charge in [0.05, 0.1) is 13.2 Å². The van der Waals surface area contributed by atoms with E-state index < -0.39 is 6.10 Å². The van der Waals surface area contributed by atoms with Gasteiger partial charge >= 0.3 is 0 Å². The molecular weight excluding hydrogens is 244 g/mol. The highest BCUT2D eigenvalue weighted by Gasteiger charge is 2.19. The van der Waals surface area contributed by atoms with Crippen molar-refractivity contribution < 1.29 is 9.84 Å².